The van der Waals surface area contributed by atoms with Crippen LogP contribution in [-0.4, -0.2) is 29.9 Å². The number of ether oxygens (including phenoxy) is 1. The number of β-amino-alcohol motifs (C(OH)–C–C–N with tert-alkyl or cyclic N) is 1. The van der Waals surface area contributed by atoms with Crippen molar-refractivity contribution in [3.8, 4) is 5.75 Å². The molecule has 3 nitrogen and oxygen atoms in total. The highest BCUT2D eigenvalue weighted by atomic mass is 35.5. The molecule has 2 N–H and O–H groups in total. The molecule has 0 aliphatic rings. The van der Waals surface area contributed by atoms with Crippen LogP contribution in [0.1, 0.15) is 27.2 Å². The van der Waals surface area contributed by atoms with Crippen LogP contribution in [0.4, 0.5) is 0 Å². The standard InChI is InChI=1S/C14H21Cl2NO2/c1-4-14(2,3)17-8-11(18)9-19-13-6-5-10(15)7-12(13)16/h5-7,11,17-18H,4,8-9H2,1-3H3. The molecule has 0 heterocycles. The molecule has 108 valence electrons. The lowest BCUT2D eigenvalue weighted by molar-refractivity contribution is 0.0986. The van der Waals surface area contributed by atoms with Crippen LogP contribution in [0.5, 0.6) is 5.75 Å². The number of halogens is 2. The Balaban J connectivity index is 2.40. The monoisotopic (exact) mass is 305 g/mol. The Morgan fingerprint density at radius 1 is 1.37 bits per heavy atom. The highest BCUT2D eigenvalue weighted by Gasteiger charge is 2.16. The van der Waals surface area contributed by atoms with Crippen molar-refractivity contribution in [2.75, 3.05) is 13.2 Å². The summed E-state index contributed by atoms with van der Waals surface area (Å²) in [6, 6.07) is 5.01. The molecule has 0 saturated heterocycles. The van der Waals surface area contributed by atoms with Gasteiger partial charge in [-0.3, -0.25) is 0 Å². The third kappa shape index (κ3) is 6.00. The van der Waals surface area contributed by atoms with E-state index in [1.807, 2.05) is 0 Å². The number of benzene rings is 1. The van der Waals surface area contributed by atoms with E-state index in [0.29, 0.717) is 22.3 Å². The number of hydrogen-bond donors (Lipinski definition) is 2. The SMILES string of the molecule is CCC(C)(C)NCC(O)COc1ccc(Cl)cc1Cl. The van der Waals surface area contributed by atoms with E-state index in [1.165, 1.54) is 0 Å². The van der Waals surface area contributed by atoms with Gasteiger partial charge in [-0.2, -0.15) is 0 Å². The van der Waals surface area contributed by atoms with Crippen molar-refractivity contribution in [1.82, 2.24) is 5.32 Å². The van der Waals surface area contributed by atoms with Gasteiger partial charge in [0.05, 0.1) is 5.02 Å². The van der Waals surface area contributed by atoms with Gasteiger partial charge in [0.2, 0.25) is 0 Å². The second-order valence-electron chi connectivity index (χ2n) is 5.16. The summed E-state index contributed by atoms with van der Waals surface area (Å²) in [6.45, 7) is 6.96. The average Bonchev–Trinajstić information content (AvgIpc) is 2.35. The van der Waals surface area contributed by atoms with E-state index in [-0.39, 0.29) is 12.1 Å². The van der Waals surface area contributed by atoms with E-state index in [2.05, 4.69) is 26.1 Å². The smallest absolute Gasteiger partial charge is 0.138 e. The number of aliphatic hydroxyl groups excluding tert-OH is 1. The molecule has 1 aromatic rings. The summed E-state index contributed by atoms with van der Waals surface area (Å²) in [7, 11) is 0. The minimum atomic E-state index is -0.586. The fraction of sp³-hybridized carbons (Fsp3) is 0.571. The maximum Gasteiger partial charge on any atom is 0.138 e. The first-order valence-electron chi connectivity index (χ1n) is 6.35. The Kier molecular flexibility index (Phi) is 6.40. The van der Waals surface area contributed by atoms with Gasteiger partial charge in [0.25, 0.3) is 0 Å². The van der Waals surface area contributed by atoms with E-state index in [4.69, 9.17) is 27.9 Å². The van der Waals surface area contributed by atoms with E-state index < -0.39 is 6.10 Å². The number of rotatable bonds is 7. The molecule has 0 spiro atoms. The zero-order valence-corrected chi connectivity index (χ0v) is 13.1. The zero-order valence-electron chi connectivity index (χ0n) is 11.5. The van der Waals surface area contributed by atoms with Crippen LogP contribution in [0, 0.1) is 0 Å². The predicted octanol–water partition coefficient (Wildman–Crippen LogP) is 3.51. The number of nitrogens with one attached hydrogen (secondary N) is 1. The minimum Gasteiger partial charge on any atom is -0.489 e. The second-order valence-corrected chi connectivity index (χ2v) is 6.00. The second kappa shape index (κ2) is 7.34. The molecule has 0 radical (unpaired) electrons. The summed E-state index contributed by atoms with van der Waals surface area (Å²) >= 11 is 11.8. The van der Waals surface area contributed by atoms with Gasteiger partial charge in [0.15, 0.2) is 0 Å². The first kappa shape index (κ1) is 16.6. The first-order chi connectivity index (χ1) is 8.84. The minimum absolute atomic E-state index is 0.0128. The normalized spacial score (nSPS) is 13.4. The molecule has 0 saturated carbocycles. The van der Waals surface area contributed by atoms with Crippen molar-refractivity contribution in [1.29, 1.82) is 0 Å². The maximum absolute atomic E-state index is 9.86. The molecule has 0 aromatic heterocycles. The topological polar surface area (TPSA) is 41.5 Å². The number of aliphatic hydroxyl groups is 1. The highest BCUT2D eigenvalue weighted by Crippen LogP contribution is 2.27. The third-order valence-corrected chi connectivity index (χ3v) is 3.56. The van der Waals surface area contributed by atoms with Crippen LogP contribution >= 0.6 is 23.2 Å². The first-order valence-corrected chi connectivity index (χ1v) is 7.10. The molecule has 0 fully saturated rings. The van der Waals surface area contributed by atoms with Crippen molar-refractivity contribution >= 4 is 23.2 Å². The highest BCUT2D eigenvalue weighted by molar-refractivity contribution is 6.35. The summed E-state index contributed by atoms with van der Waals surface area (Å²) in [6.07, 6.45) is 0.404. The molecule has 5 heteroatoms. The molecule has 19 heavy (non-hydrogen) atoms. The van der Waals surface area contributed by atoms with E-state index >= 15 is 0 Å². The van der Waals surface area contributed by atoms with Crippen molar-refractivity contribution < 1.29 is 9.84 Å². The van der Waals surface area contributed by atoms with Crippen LogP contribution in [-0.2, 0) is 0 Å². The van der Waals surface area contributed by atoms with E-state index in [0.717, 1.165) is 6.42 Å². The van der Waals surface area contributed by atoms with Gasteiger partial charge in [-0.15, -0.1) is 0 Å². The Hall–Kier alpha value is -0.480. The van der Waals surface area contributed by atoms with E-state index in [9.17, 15) is 5.11 Å². The van der Waals surface area contributed by atoms with Crippen molar-refractivity contribution in [3.63, 3.8) is 0 Å². The number of hydrogen-bond acceptors (Lipinski definition) is 3. The Bertz CT molecular complexity index is 410. The lowest BCUT2D eigenvalue weighted by atomic mass is 10.0. The molecular formula is C14H21Cl2NO2. The Morgan fingerprint density at radius 2 is 2.05 bits per heavy atom. The molecule has 0 bridgehead atoms. The lowest BCUT2D eigenvalue weighted by Crippen LogP contribution is -2.44. The zero-order chi connectivity index (χ0) is 14.5. The molecule has 0 amide bonds. The molecule has 0 aliphatic heterocycles. The third-order valence-electron chi connectivity index (χ3n) is 3.03. The predicted molar refractivity (Wildman–Crippen MR) is 80.3 cm³/mol. The van der Waals surface area contributed by atoms with Crippen LogP contribution in [0.25, 0.3) is 0 Å². The lowest BCUT2D eigenvalue weighted by Gasteiger charge is -2.26. The van der Waals surface area contributed by atoms with Crippen molar-refractivity contribution in [2.45, 2.75) is 38.8 Å². The van der Waals surface area contributed by atoms with Crippen LogP contribution in [0.2, 0.25) is 10.0 Å². The molecule has 0 aliphatic carbocycles. The van der Waals surface area contributed by atoms with Gasteiger partial charge < -0.3 is 15.2 Å². The molecule has 1 atom stereocenters. The fourth-order valence-electron chi connectivity index (χ4n) is 1.36. The van der Waals surface area contributed by atoms with Gasteiger partial charge in [-0.1, -0.05) is 30.1 Å². The van der Waals surface area contributed by atoms with Gasteiger partial charge in [0, 0.05) is 17.1 Å². The van der Waals surface area contributed by atoms with Crippen LogP contribution in [0.15, 0.2) is 18.2 Å². The summed E-state index contributed by atoms with van der Waals surface area (Å²) in [5.41, 5.74) is 0.0128. The maximum atomic E-state index is 9.86. The summed E-state index contributed by atoms with van der Waals surface area (Å²) in [4.78, 5) is 0. The van der Waals surface area contributed by atoms with Gasteiger partial charge >= 0.3 is 0 Å². The van der Waals surface area contributed by atoms with Crippen LogP contribution < -0.4 is 10.1 Å². The quantitative estimate of drug-likeness (QED) is 0.810. The van der Waals surface area contributed by atoms with Crippen LogP contribution in [0.3, 0.4) is 0 Å². The van der Waals surface area contributed by atoms with E-state index in [1.54, 1.807) is 18.2 Å². The average molecular weight is 306 g/mol. The fourth-order valence-corrected chi connectivity index (χ4v) is 1.82. The summed E-state index contributed by atoms with van der Waals surface area (Å²) in [5.74, 6) is 0.528. The Morgan fingerprint density at radius 3 is 2.63 bits per heavy atom. The molecule has 1 rings (SSSR count). The molecule has 1 aromatic carbocycles. The van der Waals surface area contributed by atoms with Crippen molar-refractivity contribution in [3.05, 3.63) is 28.2 Å². The van der Waals surface area contributed by atoms with Gasteiger partial charge in [-0.05, 0) is 38.5 Å². The van der Waals surface area contributed by atoms with Crippen molar-refractivity contribution in [2.24, 2.45) is 0 Å². The molecule has 1 unspecified atom stereocenters. The molecular weight excluding hydrogens is 285 g/mol. The summed E-state index contributed by atoms with van der Waals surface area (Å²) in [5, 5.41) is 14.1. The van der Waals surface area contributed by atoms with Gasteiger partial charge in [0.1, 0.15) is 18.5 Å². The van der Waals surface area contributed by atoms with Gasteiger partial charge in [-0.25, -0.2) is 0 Å². The summed E-state index contributed by atoms with van der Waals surface area (Å²) < 4.78 is 5.47. The largest absolute Gasteiger partial charge is 0.489 e. The Labute approximate surface area is 124 Å².